The van der Waals surface area contributed by atoms with Gasteiger partial charge in [-0.1, -0.05) is 0 Å². The van der Waals surface area contributed by atoms with E-state index in [2.05, 4.69) is 5.32 Å². The molecule has 1 N–H and O–H groups in total. The van der Waals surface area contributed by atoms with E-state index in [-0.39, 0.29) is 18.4 Å². The van der Waals surface area contributed by atoms with Crippen LogP contribution in [0.3, 0.4) is 0 Å². The van der Waals surface area contributed by atoms with Crippen molar-refractivity contribution < 1.29 is 13.6 Å². The maximum absolute atomic E-state index is 13.0. The van der Waals surface area contributed by atoms with Crippen molar-refractivity contribution in [3.8, 4) is 0 Å². The smallest absolute Gasteiger partial charge is 0.254 e. The van der Waals surface area contributed by atoms with E-state index in [1.54, 1.807) is 6.92 Å². The molecule has 3 unspecified atom stereocenters. The molecule has 3 atom stereocenters. The SMILES string of the molecule is CC(Cl)C(=O)NC1CCC2(C1)CC2(F)F. The van der Waals surface area contributed by atoms with Gasteiger partial charge < -0.3 is 5.32 Å². The molecule has 0 saturated heterocycles. The summed E-state index contributed by atoms with van der Waals surface area (Å²) in [4.78, 5) is 11.3. The van der Waals surface area contributed by atoms with Gasteiger partial charge in [-0.25, -0.2) is 8.78 Å². The van der Waals surface area contributed by atoms with Gasteiger partial charge in [0.05, 0.1) is 0 Å². The van der Waals surface area contributed by atoms with Crippen LogP contribution >= 0.6 is 11.6 Å². The molecule has 2 fully saturated rings. The molecule has 2 aliphatic rings. The predicted octanol–water partition coefficient (Wildman–Crippen LogP) is 2.31. The summed E-state index contributed by atoms with van der Waals surface area (Å²) >= 11 is 5.59. The van der Waals surface area contributed by atoms with Gasteiger partial charge in [-0.15, -0.1) is 11.6 Å². The standard InChI is InChI=1S/C10H14ClF2NO/c1-6(11)8(15)14-7-2-3-9(4-7)5-10(9,12)13/h6-7H,2-5H2,1H3,(H,14,15). The third-order valence-corrected chi connectivity index (χ3v) is 3.73. The van der Waals surface area contributed by atoms with E-state index in [4.69, 9.17) is 11.6 Å². The zero-order chi connectivity index (χ0) is 11.3. The summed E-state index contributed by atoms with van der Waals surface area (Å²) in [5, 5.41) is 2.11. The van der Waals surface area contributed by atoms with Crippen molar-refractivity contribution >= 4 is 17.5 Å². The van der Waals surface area contributed by atoms with Crippen LogP contribution in [0.5, 0.6) is 0 Å². The van der Waals surface area contributed by atoms with Gasteiger partial charge in [0, 0.05) is 17.9 Å². The minimum atomic E-state index is -2.50. The summed E-state index contributed by atoms with van der Waals surface area (Å²) in [5.41, 5.74) is -0.805. The normalized spacial score (nSPS) is 39.1. The van der Waals surface area contributed by atoms with Crippen molar-refractivity contribution in [2.45, 2.75) is 49.9 Å². The highest BCUT2D eigenvalue weighted by molar-refractivity contribution is 6.30. The first-order valence-corrected chi connectivity index (χ1v) is 5.62. The summed E-state index contributed by atoms with van der Waals surface area (Å²) in [6.45, 7) is 1.58. The van der Waals surface area contributed by atoms with Gasteiger partial charge in [0.15, 0.2) is 0 Å². The van der Waals surface area contributed by atoms with Gasteiger partial charge in [0.1, 0.15) is 5.38 Å². The third-order valence-electron chi connectivity index (χ3n) is 3.53. The fourth-order valence-electron chi connectivity index (χ4n) is 2.44. The molecule has 0 bridgehead atoms. The molecule has 86 valence electrons. The summed E-state index contributed by atoms with van der Waals surface area (Å²) in [5.74, 6) is -2.76. The maximum Gasteiger partial charge on any atom is 0.254 e. The van der Waals surface area contributed by atoms with Crippen molar-refractivity contribution in [2.24, 2.45) is 5.41 Å². The molecule has 0 aliphatic heterocycles. The van der Waals surface area contributed by atoms with Gasteiger partial charge in [-0.2, -0.15) is 0 Å². The first-order chi connectivity index (χ1) is 6.86. The van der Waals surface area contributed by atoms with Crippen LogP contribution in [0.2, 0.25) is 0 Å². The lowest BCUT2D eigenvalue weighted by Crippen LogP contribution is -2.37. The molecule has 5 heteroatoms. The summed E-state index contributed by atoms with van der Waals surface area (Å²) in [7, 11) is 0. The lowest BCUT2D eigenvalue weighted by atomic mass is 10.1. The van der Waals surface area contributed by atoms with Gasteiger partial charge in [-0.3, -0.25) is 4.79 Å². The molecule has 1 amide bonds. The molecule has 2 rings (SSSR count). The fraction of sp³-hybridized carbons (Fsp3) is 0.900. The molecule has 2 aliphatic carbocycles. The molecule has 0 aromatic heterocycles. The second kappa shape index (κ2) is 3.30. The van der Waals surface area contributed by atoms with E-state index in [1.165, 1.54) is 0 Å². The van der Waals surface area contributed by atoms with Crippen molar-refractivity contribution in [3.63, 3.8) is 0 Å². The Balaban J connectivity index is 1.87. The zero-order valence-corrected chi connectivity index (χ0v) is 9.28. The molecule has 0 heterocycles. The minimum Gasteiger partial charge on any atom is -0.352 e. The Morgan fingerprint density at radius 2 is 2.20 bits per heavy atom. The third kappa shape index (κ3) is 1.84. The number of hydrogen-bond acceptors (Lipinski definition) is 1. The van der Waals surface area contributed by atoms with Crippen LogP contribution < -0.4 is 5.32 Å². The number of hydrogen-bond donors (Lipinski definition) is 1. The van der Waals surface area contributed by atoms with E-state index in [0.29, 0.717) is 19.3 Å². The molecular weight excluding hydrogens is 224 g/mol. The van der Waals surface area contributed by atoms with Crippen LogP contribution in [-0.2, 0) is 4.79 Å². The molecule has 1 spiro atoms. The Kier molecular flexibility index (Phi) is 2.45. The summed E-state index contributed by atoms with van der Waals surface area (Å²) in [6, 6.07) is -0.118. The average Bonchev–Trinajstić information content (AvgIpc) is 2.48. The van der Waals surface area contributed by atoms with Crippen molar-refractivity contribution in [3.05, 3.63) is 0 Å². The van der Waals surface area contributed by atoms with Gasteiger partial charge in [-0.05, 0) is 26.2 Å². The Bertz CT molecular complexity index is 295. The van der Waals surface area contributed by atoms with Gasteiger partial charge in [0.2, 0.25) is 5.91 Å². The Morgan fingerprint density at radius 1 is 1.60 bits per heavy atom. The predicted molar refractivity (Wildman–Crippen MR) is 53.1 cm³/mol. The topological polar surface area (TPSA) is 29.1 Å². The molecular formula is C10H14ClF2NO. The van der Waals surface area contributed by atoms with Crippen molar-refractivity contribution in [2.75, 3.05) is 0 Å². The Hall–Kier alpha value is -0.380. The number of alkyl halides is 3. The number of amides is 1. The number of carbonyl (C=O) groups is 1. The molecule has 15 heavy (non-hydrogen) atoms. The highest BCUT2D eigenvalue weighted by atomic mass is 35.5. The summed E-state index contributed by atoms with van der Waals surface area (Å²) < 4.78 is 26.0. The number of nitrogens with one attached hydrogen (secondary N) is 1. The van der Waals surface area contributed by atoms with Crippen molar-refractivity contribution in [1.82, 2.24) is 5.32 Å². The van der Waals surface area contributed by atoms with Crippen LogP contribution in [0.1, 0.15) is 32.6 Å². The number of rotatable bonds is 2. The van der Waals surface area contributed by atoms with E-state index < -0.39 is 16.7 Å². The largest absolute Gasteiger partial charge is 0.352 e. The van der Waals surface area contributed by atoms with E-state index in [9.17, 15) is 13.6 Å². The first kappa shape index (κ1) is 11.1. The van der Waals surface area contributed by atoms with Crippen LogP contribution in [0.15, 0.2) is 0 Å². The van der Waals surface area contributed by atoms with Crippen LogP contribution in [0.25, 0.3) is 0 Å². The molecule has 0 radical (unpaired) electrons. The Labute approximate surface area is 92.4 Å². The highest BCUT2D eigenvalue weighted by Gasteiger charge is 2.72. The van der Waals surface area contributed by atoms with Crippen LogP contribution in [0.4, 0.5) is 8.78 Å². The van der Waals surface area contributed by atoms with Crippen LogP contribution in [-0.4, -0.2) is 23.2 Å². The lowest BCUT2D eigenvalue weighted by Gasteiger charge is -2.14. The quantitative estimate of drug-likeness (QED) is 0.734. The molecule has 0 aromatic carbocycles. The second-order valence-corrected chi connectivity index (χ2v) is 5.38. The van der Waals surface area contributed by atoms with Gasteiger partial charge >= 0.3 is 0 Å². The highest BCUT2D eigenvalue weighted by Crippen LogP contribution is 2.68. The molecule has 0 aromatic rings. The van der Waals surface area contributed by atoms with Gasteiger partial charge in [0.25, 0.3) is 5.92 Å². The molecule has 2 nitrogen and oxygen atoms in total. The zero-order valence-electron chi connectivity index (χ0n) is 8.53. The first-order valence-electron chi connectivity index (χ1n) is 5.19. The maximum atomic E-state index is 13.0. The van der Waals surface area contributed by atoms with Crippen LogP contribution in [0, 0.1) is 5.41 Å². The number of carbonyl (C=O) groups excluding carboxylic acids is 1. The Morgan fingerprint density at radius 3 is 2.60 bits per heavy atom. The monoisotopic (exact) mass is 237 g/mol. The van der Waals surface area contributed by atoms with E-state index >= 15 is 0 Å². The number of halogens is 3. The fourth-order valence-corrected chi connectivity index (χ4v) is 2.50. The van der Waals surface area contributed by atoms with E-state index in [0.717, 1.165) is 0 Å². The minimum absolute atomic E-state index is 0.0111. The average molecular weight is 238 g/mol. The second-order valence-electron chi connectivity index (χ2n) is 4.73. The lowest BCUT2D eigenvalue weighted by molar-refractivity contribution is -0.121. The molecule has 2 saturated carbocycles. The summed E-state index contributed by atoms with van der Waals surface area (Å²) in [6.07, 6.45) is 1.55. The van der Waals surface area contributed by atoms with E-state index in [1.807, 2.05) is 0 Å². The van der Waals surface area contributed by atoms with Crippen molar-refractivity contribution in [1.29, 1.82) is 0 Å².